The Kier molecular flexibility index (Phi) is 4.63. The molecule has 1 aromatic carbocycles. The second-order valence-electron chi connectivity index (χ2n) is 3.23. The Morgan fingerprint density at radius 2 is 2.33 bits per heavy atom. The molecule has 0 aliphatic heterocycles. The lowest BCUT2D eigenvalue weighted by Gasteiger charge is -2.05. The van der Waals surface area contributed by atoms with Gasteiger partial charge in [-0.15, -0.1) is 0 Å². The molecule has 0 aliphatic carbocycles. The largest absolute Gasteiger partial charge is 0.399 e. The maximum Gasteiger partial charge on any atom is 0.251 e. The van der Waals surface area contributed by atoms with Gasteiger partial charge in [0.1, 0.15) is 0 Å². The van der Waals surface area contributed by atoms with Gasteiger partial charge in [-0.3, -0.25) is 4.79 Å². The smallest absolute Gasteiger partial charge is 0.251 e. The number of carbonyl (C=O) groups excluding carboxylic acids is 1. The highest BCUT2D eigenvalue weighted by Gasteiger charge is 2.03. The third kappa shape index (κ3) is 3.99. The van der Waals surface area contributed by atoms with E-state index in [0.29, 0.717) is 24.4 Å². The molecule has 3 N–H and O–H groups in total. The second kappa shape index (κ2) is 6.03. The van der Waals surface area contributed by atoms with Crippen LogP contribution in [0.2, 0.25) is 0 Å². The van der Waals surface area contributed by atoms with Crippen LogP contribution in [0.1, 0.15) is 16.8 Å². The van der Waals surface area contributed by atoms with Crippen molar-refractivity contribution in [3.8, 4) is 0 Å². The molecule has 1 aromatic rings. The number of benzene rings is 1. The first-order valence-electron chi connectivity index (χ1n) is 4.86. The van der Waals surface area contributed by atoms with Crippen LogP contribution < -0.4 is 11.1 Å². The number of methoxy groups -OCH3 is 1. The van der Waals surface area contributed by atoms with Crippen molar-refractivity contribution in [2.24, 2.45) is 0 Å². The molecule has 4 nitrogen and oxygen atoms in total. The van der Waals surface area contributed by atoms with Gasteiger partial charge in [0.05, 0.1) is 0 Å². The van der Waals surface area contributed by atoms with Gasteiger partial charge < -0.3 is 15.8 Å². The summed E-state index contributed by atoms with van der Waals surface area (Å²) >= 11 is 0. The molecule has 0 atom stereocenters. The molecule has 0 radical (unpaired) electrons. The van der Waals surface area contributed by atoms with Crippen LogP contribution in [-0.4, -0.2) is 26.2 Å². The lowest BCUT2D eigenvalue weighted by molar-refractivity contribution is 0.0948. The zero-order chi connectivity index (χ0) is 11.1. The number of hydrogen-bond acceptors (Lipinski definition) is 3. The van der Waals surface area contributed by atoms with Crippen molar-refractivity contribution in [1.82, 2.24) is 5.32 Å². The monoisotopic (exact) mass is 208 g/mol. The molecule has 0 saturated carbocycles. The Labute approximate surface area is 89.4 Å². The van der Waals surface area contributed by atoms with E-state index in [4.69, 9.17) is 10.5 Å². The van der Waals surface area contributed by atoms with Crippen molar-refractivity contribution in [2.45, 2.75) is 6.42 Å². The first-order valence-corrected chi connectivity index (χ1v) is 4.86. The van der Waals surface area contributed by atoms with E-state index in [1.165, 1.54) is 0 Å². The molecule has 1 rings (SSSR count). The van der Waals surface area contributed by atoms with Gasteiger partial charge in [0, 0.05) is 31.5 Å². The topological polar surface area (TPSA) is 64.3 Å². The molecular weight excluding hydrogens is 192 g/mol. The Balaban J connectivity index is 2.40. The van der Waals surface area contributed by atoms with E-state index < -0.39 is 0 Å². The summed E-state index contributed by atoms with van der Waals surface area (Å²) in [6, 6.07) is 6.91. The predicted molar refractivity (Wildman–Crippen MR) is 59.7 cm³/mol. The number of nitrogens with one attached hydrogen (secondary N) is 1. The number of ether oxygens (including phenoxy) is 1. The Morgan fingerprint density at radius 3 is 3.00 bits per heavy atom. The highest BCUT2D eigenvalue weighted by molar-refractivity contribution is 5.94. The molecule has 0 bridgehead atoms. The lowest BCUT2D eigenvalue weighted by atomic mass is 10.2. The number of nitrogens with two attached hydrogens (primary N) is 1. The SMILES string of the molecule is COCCCNC(=O)c1cccc(N)c1. The molecule has 0 spiro atoms. The minimum Gasteiger partial charge on any atom is -0.399 e. The number of carbonyl (C=O) groups is 1. The fourth-order valence-electron chi connectivity index (χ4n) is 1.20. The van der Waals surface area contributed by atoms with E-state index in [9.17, 15) is 4.79 Å². The van der Waals surface area contributed by atoms with Crippen LogP contribution in [0, 0.1) is 0 Å². The molecule has 0 aromatic heterocycles. The Bertz CT molecular complexity index is 326. The predicted octanol–water partition coefficient (Wildman–Crippen LogP) is 1.04. The Hall–Kier alpha value is -1.55. The summed E-state index contributed by atoms with van der Waals surface area (Å²) in [6.07, 6.45) is 0.810. The normalized spacial score (nSPS) is 9.93. The zero-order valence-corrected chi connectivity index (χ0v) is 8.82. The second-order valence-corrected chi connectivity index (χ2v) is 3.23. The van der Waals surface area contributed by atoms with Gasteiger partial charge in [0.25, 0.3) is 5.91 Å². The molecule has 0 saturated heterocycles. The van der Waals surface area contributed by atoms with Gasteiger partial charge >= 0.3 is 0 Å². The molecule has 15 heavy (non-hydrogen) atoms. The van der Waals surface area contributed by atoms with Crippen molar-refractivity contribution in [1.29, 1.82) is 0 Å². The fraction of sp³-hybridized carbons (Fsp3) is 0.364. The number of anilines is 1. The molecule has 0 heterocycles. The molecular formula is C11H16N2O2. The molecule has 0 fully saturated rings. The summed E-state index contributed by atoms with van der Waals surface area (Å²) in [7, 11) is 1.64. The number of rotatable bonds is 5. The van der Waals surface area contributed by atoms with Crippen molar-refractivity contribution in [2.75, 3.05) is 26.0 Å². The van der Waals surface area contributed by atoms with Crippen molar-refractivity contribution >= 4 is 11.6 Å². The van der Waals surface area contributed by atoms with E-state index in [1.54, 1.807) is 31.4 Å². The van der Waals surface area contributed by atoms with Gasteiger partial charge in [-0.25, -0.2) is 0 Å². The third-order valence-electron chi connectivity index (χ3n) is 1.96. The summed E-state index contributed by atoms with van der Waals surface area (Å²) in [4.78, 5) is 11.6. The van der Waals surface area contributed by atoms with Gasteiger partial charge in [0.15, 0.2) is 0 Å². The average molecular weight is 208 g/mol. The first-order chi connectivity index (χ1) is 7.24. The fourth-order valence-corrected chi connectivity index (χ4v) is 1.20. The van der Waals surface area contributed by atoms with Crippen molar-refractivity contribution < 1.29 is 9.53 Å². The summed E-state index contributed by atoms with van der Waals surface area (Å²) in [5.41, 5.74) is 6.76. The van der Waals surface area contributed by atoms with Gasteiger partial charge in [-0.2, -0.15) is 0 Å². The Morgan fingerprint density at radius 1 is 1.53 bits per heavy atom. The van der Waals surface area contributed by atoms with Gasteiger partial charge in [0.2, 0.25) is 0 Å². The van der Waals surface area contributed by atoms with Crippen molar-refractivity contribution in [3.63, 3.8) is 0 Å². The van der Waals surface area contributed by atoms with Crippen LogP contribution in [-0.2, 0) is 4.74 Å². The molecule has 4 heteroatoms. The third-order valence-corrected chi connectivity index (χ3v) is 1.96. The minimum atomic E-state index is -0.0987. The quantitative estimate of drug-likeness (QED) is 0.561. The maximum absolute atomic E-state index is 11.6. The van der Waals surface area contributed by atoms with Crippen LogP contribution in [0.25, 0.3) is 0 Å². The summed E-state index contributed by atoms with van der Waals surface area (Å²) in [5.74, 6) is -0.0987. The average Bonchev–Trinajstić information content (AvgIpc) is 2.24. The number of hydrogen-bond donors (Lipinski definition) is 2. The van der Waals surface area contributed by atoms with E-state index in [0.717, 1.165) is 6.42 Å². The summed E-state index contributed by atoms with van der Waals surface area (Å²) in [5, 5.41) is 2.79. The van der Waals surface area contributed by atoms with Crippen LogP contribution in [0.15, 0.2) is 24.3 Å². The van der Waals surface area contributed by atoms with Crippen LogP contribution in [0.4, 0.5) is 5.69 Å². The first kappa shape index (κ1) is 11.5. The van der Waals surface area contributed by atoms with Crippen LogP contribution in [0.5, 0.6) is 0 Å². The highest BCUT2D eigenvalue weighted by atomic mass is 16.5. The van der Waals surface area contributed by atoms with Crippen LogP contribution in [0.3, 0.4) is 0 Å². The number of amides is 1. The minimum absolute atomic E-state index is 0.0987. The van der Waals surface area contributed by atoms with E-state index >= 15 is 0 Å². The van der Waals surface area contributed by atoms with Crippen LogP contribution >= 0.6 is 0 Å². The summed E-state index contributed by atoms with van der Waals surface area (Å²) < 4.78 is 4.88. The highest BCUT2D eigenvalue weighted by Crippen LogP contribution is 2.05. The van der Waals surface area contributed by atoms with E-state index in [2.05, 4.69) is 5.32 Å². The lowest BCUT2D eigenvalue weighted by Crippen LogP contribution is -2.25. The standard InChI is InChI=1S/C11H16N2O2/c1-15-7-3-6-13-11(14)9-4-2-5-10(12)8-9/h2,4-5,8H,3,6-7,12H2,1H3,(H,13,14). The molecule has 0 aliphatic rings. The number of nitrogen functional groups attached to an aromatic ring is 1. The van der Waals surface area contributed by atoms with E-state index in [1.807, 2.05) is 0 Å². The van der Waals surface area contributed by atoms with Gasteiger partial charge in [-0.1, -0.05) is 6.07 Å². The molecule has 0 unspecified atom stereocenters. The van der Waals surface area contributed by atoms with E-state index in [-0.39, 0.29) is 5.91 Å². The van der Waals surface area contributed by atoms with Gasteiger partial charge in [-0.05, 0) is 24.6 Å². The molecule has 82 valence electrons. The van der Waals surface area contributed by atoms with Crippen molar-refractivity contribution in [3.05, 3.63) is 29.8 Å². The summed E-state index contributed by atoms with van der Waals surface area (Å²) in [6.45, 7) is 1.26. The molecule has 1 amide bonds. The maximum atomic E-state index is 11.6. The zero-order valence-electron chi connectivity index (χ0n) is 8.82.